The number of benzene rings is 1. The topological polar surface area (TPSA) is 66.5 Å². The number of carbonyl (C=O) groups is 1. The average Bonchev–Trinajstić information content (AvgIpc) is 2.40. The van der Waals surface area contributed by atoms with Crippen LogP contribution in [0.1, 0.15) is 30.6 Å². The maximum absolute atomic E-state index is 12.0. The van der Waals surface area contributed by atoms with E-state index in [0.29, 0.717) is 18.0 Å². The number of halogens is 1. The van der Waals surface area contributed by atoms with Crippen molar-refractivity contribution in [1.82, 2.24) is 9.62 Å². The third-order valence-electron chi connectivity index (χ3n) is 3.16. The molecule has 0 aromatic heterocycles. The molecule has 1 N–H and O–H groups in total. The molecule has 1 aromatic rings. The monoisotopic (exact) mass is 390 g/mol. The molecule has 0 atom stereocenters. The Balaban J connectivity index is 2.53. The van der Waals surface area contributed by atoms with Crippen LogP contribution in [0.15, 0.2) is 28.7 Å². The molecule has 0 heterocycles. The molecule has 0 bridgehead atoms. The second-order valence-electron chi connectivity index (χ2n) is 5.61. The van der Waals surface area contributed by atoms with E-state index in [2.05, 4.69) is 35.1 Å². The molecule has 1 amide bonds. The Kier molecular flexibility index (Phi) is 7.52. The van der Waals surface area contributed by atoms with E-state index in [0.717, 1.165) is 10.9 Å². The minimum Gasteiger partial charge on any atom is -0.351 e. The number of hydrogen-bond donors (Lipinski definition) is 1. The van der Waals surface area contributed by atoms with Crippen molar-refractivity contribution >= 4 is 31.9 Å². The molecular weight excluding hydrogens is 368 g/mol. The van der Waals surface area contributed by atoms with E-state index in [-0.39, 0.29) is 19.0 Å². The van der Waals surface area contributed by atoms with Gasteiger partial charge in [0.2, 0.25) is 10.0 Å². The molecule has 22 heavy (non-hydrogen) atoms. The summed E-state index contributed by atoms with van der Waals surface area (Å²) in [5, 5.41) is 2.75. The highest BCUT2D eigenvalue weighted by Gasteiger charge is 2.17. The lowest BCUT2D eigenvalue weighted by atomic mass is 10.1. The maximum atomic E-state index is 12.0. The minimum atomic E-state index is -3.26. The standard InChI is InChI=1S/C15H23BrN2O3S/c1-12(2)7-9-18(22(3,20)21)10-8-17-15(19)13-5-4-6-14(16)11-13/h4-6,11-12H,7-10H2,1-3H3,(H,17,19). The highest BCUT2D eigenvalue weighted by Crippen LogP contribution is 2.11. The first kappa shape index (κ1) is 19.1. The third kappa shape index (κ3) is 6.89. The van der Waals surface area contributed by atoms with Crippen molar-refractivity contribution < 1.29 is 13.2 Å². The van der Waals surface area contributed by atoms with Gasteiger partial charge >= 0.3 is 0 Å². The van der Waals surface area contributed by atoms with Crippen molar-refractivity contribution in [2.45, 2.75) is 20.3 Å². The van der Waals surface area contributed by atoms with Gasteiger partial charge in [0.25, 0.3) is 5.91 Å². The Bertz CT molecular complexity index is 603. The predicted molar refractivity (Wildman–Crippen MR) is 92.3 cm³/mol. The SMILES string of the molecule is CC(C)CCN(CCNC(=O)c1cccc(Br)c1)S(C)(=O)=O. The summed E-state index contributed by atoms with van der Waals surface area (Å²) >= 11 is 3.31. The van der Waals surface area contributed by atoms with Gasteiger partial charge in [-0.25, -0.2) is 12.7 Å². The lowest BCUT2D eigenvalue weighted by molar-refractivity contribution is 0.0951. The summed E-state index contributed by atoms with van der Waals surface area (Å²) in [6, 6.07) is 7.06. The second-order valence-corrected chi connectivity index (χ2v) is 8.51. The fourth-order valence-electron chi connectivity index (χ4n) is 1.87. The van der Waals surface area contributed by atoms with E-state index < -0.39 is 10.0 Å². The summed E-state index contributed by atoms with van der Waals surface area (Å²) in [5.41, 5.74) is 0.544. The Morgan fingerprint density at radius 2 is 2.00 bits per heavy atom. The zero-order valence-electron chi connectivity index (χ0n) is 13.2. The quantitative estimate of drug-likeness (QED) is 0.741. The lowest BCUT2D eigenvalue weighted by Crippen LogP contribution is -2.38. The summed E-state index contributed by atoms with van der Waals surface area (Å²) in [6.45, 7) is 5.15. The molecule has 0 aliphatic heterocycles. The van der Waals surface area contributed by atoms with E-state index in [1.165, 1.54) is 10.6 Å². The van der Waals surface area contributed by atoms with Crippen LogP contribution in [0.3, 0.4) is 0 Å². The average molecular weight is 391 g/mol. The molecule has 1 aromatic carbocycles. The van der Waals surface area contributed by atoms with Gasteiger partial charge < -0.3 is 5.32 Å². The normalized spacial score (nSPS) is 11.9. The van der Waals surface area contributed by atoms with Gasteiger partial charge in [-0.1, -0.05) is 35.8 Å². The summed E-state index contributed by atoms with van der Waals surface area (Å²) in [5.74, 6) is 0.221. The highest BCUT2D eigenvalue weighted by molar-refractivity contribution is 9.10. The van der Waals surface area contributed by atoms with E-state index in [4.69, 9.17) is 0 Å². The number of amides is 1. The van der Waals surface area contributed by atoms with Crippen LogP contribution in [0.4, 0.5) is 0 Å². The van der Waals surface area contributed by atoms with Crippen molar-refractivity contribution in [3.8, 4) is 0 Å². The maximum Gasteiger partial charge on any atom is 0.251 e. The van der Waals surface area contributed by atoms with E-state index in [9.17, 15) is 13.2 Å². The van der Waals surface area contributed by atoms with Gasteiger partial charge in [-0.05, 0) is 30.5 Å². The molecule has 5 nitrogen and oxygen atoms in total. The predicted octanol–water partition coefficient (Wildman–Crippen LogP) is 2.49. The van der Waals surface area contributed by atoms with Gasteiger partial charge in [0.15, 0.2) is 0 Å². The molecule has 0 fully saturated rings. The first-order valence-corrected chi connectivity index (χ1v) is 9.83. The molecular formula is C15H23BrN2O3S. The third-order valence-corrected chi connectivity index (χ3v) is 4.95. The van der Waals surface area contributed by atoms with Crippen molar-refractivity contribution in [1.29, 1.82) is 0 Å². The number of sulfonamides is 1. The van der Waals surface area contributed by atoms with Crippen LogP contribution in [0, 0.1) is 5.92 Å². The molecule has 0 radical (unpaired) electrons. The lowest BCUT2D eigenvalue weighted by Gasteiger charge is -2.21. The Morgan fingerprint density at radius 3 is 2.55 bits per heavy atom. The molecule has 0 aliphatic rings. The Labute approximate surface area is 141 Å². The van der Waals surface area contributed by atoms with Crippen LogP contribution in [-0.2, 0) is 10.0 Å². The van der Waals surface area contributed by atoms with Crippen LogP contribution in [0.2, 0.25) is 0 Å². The van der Waals surface area contributed by atoms with Crippen molar-refractivity contribution in [3.63, 3.8) is 0 Å². The van der Waals surface area contributed by atoms with Gasteiger partial charge in [0.1, 0.15) is 0 Å². The van der Waals surface area contributed by atoms with Gasteiger partial charge in [-0.15, -0.1) is 0 Å². The molecule has 124 valence electrons. The van der Waals surface area contributed by atoms with Gasteiger partial charge in [-0.2, -0.15) is 0 Å². The fourth-order valence-corrected chi connectivity index (χ4v) is 3.13. The first-order chi connectivity index (χ1) is 10.2. The number of carbonyl (C=O) groups excluding carboxylic acids is 1. The summed E-state index contributed by atoms with van der Waals surface area (Å²) < 4.78 is 25.7. The molecule has 0 saturated carbocycles. The van der Waals surface area contributed by atoms with Crippen LogP contribution >= 0.6 is 15.9 Å². The second kappa shape index (κ2) is 8.64. The van der Waals surface area contributed by atoms with Crippen LogP contribution in [0.25, 0.3) is 0 Å². The summed E-state index contributed by atoms with van der Waals surface area (Å²) in [4.78, 5) is 12.0. The molecule has 0 saturated heterocycles. The van der Waals surface area contributed by atoms with Crippen LogP contribution in [-0.4, -0.2) is 44.5 Å². The summed E-state index contributed by atoms with van der Waals surface area (Å²) in [7, 11) is -3.26. The number of rotatable bonds is 8. The zero-order chi connectivity index (χ0) is 16.8. The molecule has 1 rings (SSSR count). The van der Waals surface area contributed by atoms with Crippen molar-refractivity contribution in [3.05, 3.63) is 34.3 Å². The minimum absolute atomic E-state index is 0.210. The van der Waals surface area contributed by atoms with Gasteiger partial charge in [0, 0.05) is 29.7 Å². The number of hydrogen-bond acceptors (Lipinski definition) is 3. The molecule has 0 aliphatic carbocycles. The molecule has 7 heteroatoms. The van der Waals surface area contributed by atoms with E-state index in [1.807, 2.05) is 6.07 Å². The van der Waals surface area contributed by atoms with Crippen molar-refractivity contribution in [2.75, 3.05) is 25.9 Å². The van der Waals surface area contributed by atoms with Gasteiger partial charge in [0.05, 0.1) is 6.26 Å². The van der Waals surface area contributed by atoms with Crippen LogP contribution < -0.4 is 5.32 Å². The molecule has 0 unspecified atom stereocenters. The Hall–Kier alpha value is -0.920. The largest absolute Gasteiger partial charge is 0.351 e. The van der Waals surface area contributed by atoms with E-state index in [1.54, 1.807) is 18.2 Å². The van der Waals surface area contributed by atoms with Gasteiger partial charge in [-0.3, -0.25) is 4.79 Å². The van der Waals surface area contributed by atoms with E-state index >= 15 is 0 Å². The van der Waals surface area contributed by atoms with Crippen molar-refractivity contribution in [2.24, 2.45) is 5.92 Å². The summed E-state index contributed by atoms with van der Waals surface area (Å²) in [6.07, 6.45) is 2.00. The smallest absolute Gasteiger partial charge is 0.251 e. The number of nitrogens with zero attached hydrogens (tertiary/aromatic N) is 1. The highest BCUT2D eigenvalue weighted by atomic mass is 79.9. The van der Waals surface area contributed by atoms with Crippen LogP contribution in [0.5, 0.6) is 0 Å². The Morgan fingerprint density at radius 1 is 1.32 bits per heavy atom. The molecule has 0 spiro atoms. The zero-order valence-corrected chi connectivity index (χ0v) is 15.6. The first-order valence-electron chi connectivity index (χ1n) is 7.19. The fraction of sp³-hybridized carbons (Fsp3) is 0.533. The number of nitrogens with one attached hydrogen (secondary N) is 1.